The smallest absolute Gasteiger partial charge is 0.142 e. The lowest BCUT2D eigenvalue weighted by molar-refractivity contribution is 0.178. The number of hydrogen-bond donors (Lipinski definition) is 2. The number of nitrogens with zero attached hydrogens (tertiary/aromatic N) is 1. The molecule has 0 saturated heterocycles. The third-order valence-electron chi connectivity index (χ3n) is 2.79. The number of anilines is 1. The molecule has 1 aromatic rings. The number of likely N-dealkylation sites (N-methyl/N-ethyl adjacent to an activating group) is 1. The Morgan fingerprint density at radius 3 is 2.78 bits per heavy atom. The van der Waals surface area contributed by atoms with Crippen molar-refractivity contribution in [1.82, 2.24) is 5.32 Å². The Bertz CT molecular complexity index is 344. The Kier molecular flexibility index (Phi) is 6.54. The first-order chi connectivity index (χ1) is 8.69. The summed E-state index contributed by atoms with van der Waals surface area (Å²) in [6, 6.07) is 7.82. The number of aliphatic hydroxyl groups is 1. The minimum atomic E-state index is -0.383. The van der Waals surface area contributed by atoms with E-state index in [1.807, 2.05) is 36.2 Å². The number of hydrogen-bond acceptors (Lipinski definition) is 4. The van der Waals surface area contributed by atoms with Crippen LogP contribution in [0.3, 0.4) is 0 Å². The van der Waals surface area contributed by atoms with Crippen LogP contribution in [0.2, 0.25) is 0 Å². The zero-order valence-corrected chi connectivity index (χ0v) is 11.5. The van der Waals surface area contributed by atoms with Crippen LogP contribution in [0.25, 0.3) is 0 Å². The molecule has 4 nitrogen and oxygen atoms in total. The fourth-order valence-corrected chi connectivity index (χ4v) is 1.87. The van der Waals surface area contributed by atoms with Gasteiger partial charge in [0.1, 0.15) is 5.75 Å². The number of benzene rings is 1. The van der Waals surface area contributed by atoms with Crippen molar-refractivity contribution in [2.24, 2.45) is 0 Å². The van der Waals surface area contributed by atoms with Crippen LogP contribution in [0.1, 0.15) is 13.3 Å². The molecule has 0 bridgehead atoms. The standard InChI is InChI=1S/C14H24N2O2/c1-4-9-15-10-12(17)11-16(2)13-7-5-6-8-14(13)18-3/h5-8,12,15,17H,4,9-11H2,1-3H3. The zero-order chi connectivity index (χ0) is 13.4. The van der Waals surface area contributed by atoms with Gasteiger partial charge in [-0.2, -0.15) is 0 Å². The second kappa shape index (κ2) is 7.95. The SMILES string of the molecule is CCCNCC(O)CN(C)c1ccccc1OC. The normalized spacial score (nSPS) is 12.2. The van der Waals surface area contributed by atoms with Crippen LogP contribution >= 0.6 is 0 Å². The molecular formula is C14H24N2O2. The average molecular weight is 252 g/mol. The molecular weight excluding hydrogens is 228 g/mol. The zero-order valence-electron chi connectivity index (χ0n) is 11.5. The van der Waals surface area contributed by atoms with E-state index < -0.39 is 0 Å². The second-order valence-corrected chi connectivity index (χ2v) is 4.41. The number of rotatable bonds is 8. The van der Waals surface area contributed by atoms with E-state index in [1.54, 1.807) is 7.11 Å². The van der Waals surface area contributed by atoms with Crippen LogP contribution in [0, 0.1) is 0 Å². The molecule has 1 atom stereocenters. The van der Waals surface area contributed by atoms with Gasteiger partial charge < -0.3 is 20.1 Å². The first-order valence-corrected chi connectivity index (χ1v) is 6.42. The summed E-state index contributed by atoms with van der Waals surface area (Å²) in [5.41, 5.74) is 0.995. The quantitative estimate of drug-likeness (QED) is 0.688. The minimum Gasteiger partial charge on any atom is -0.495 e. The van der Waals surface area contributed by atoms with E-state index in [4.69, 9.17) is 4.74 Å². The van der Waals surface area contributed by atoms with Crippen molar-refractivity contribution in [3.63, 3.8) is 0 Å². The molecule has 1 unspecified atom stereocenters. The lowest BCUT2D eigenvalue weighted by Crippen LogP contribution is -2.36. The third kappa shape index (κ3) is 4.55. The summed E-state index contributed by atoms with van der Waals surface area (Å²) in [5, 5.41) is 13.1. The lowest BCUT2D eigenvalue weighted by Gasteiger charge is -2.24. The van der Waals surface area contributed by atoms with Gasteiger partial charge in [-0.1, -0.05) is 19.1 Å². The van der Waals surface area contributed by atoms with Crippen molar-refractivity contribution in [2.75, 3.05) is 38.7 Å². The van der Waals surface area contributed by atoms with Gasteiger partial charge in [0.25, 0.3) is 0 Å². The summed E-state index contributed by atoms with van der Waals surface area (Å²) >= 11 is 0. The van der Waals surface area contributed by atoms with E-state index in [-0.39, 0.29) is 6.10 Å². The molecule has 0 saturated carbocycles. The summed E-state index contributed by atoms with van der Waals surface area (Å²) in [4.78, 5) is 2.01. The molecule has 0 fully saturated rings. The van der Waals surface area contributed by atoms with Gasteiger partial charge in [0.2, 0.25) is 0 Å². The first kappa shape index (κ1) is 14.8. The monoisotopic (exact) mass is 252 g/mol. The Morgan fingerprint density at radius 1 is 1.39 bits per heavy atom. The molecule has 0 heterocycles. The molecule has 0 spiro atoms. The van der Waals surface area contributed by atoms with Crippen LogP contribution in [0.5, 0.6) is 5.75 Å². The van der Waals surface area contributed by atoms with Gasteiger partial charge in [0.15, 0.2) is 0 Å². The minimum absolute atomic E-state index is 0.383. The molecule has 1 rings (SSSR count). The van der Waals surface area contributed by atoms with Crippen molar-refractivity contribution in [3.8, 4) is 5.75 Å². The Morgan fingerprint density at radius 2 is 2.11 bits per heavy atom. The van der Waals surface area contributed by atoms with Gasteiger partial charge in [-0.15, -0.1) is 0 Å². The molecule has 0 aliphatic heterocycles. The van der Waals surface area contributed by atoms with Gasteiger partial charge in [-0.25, -0.2) is 0 Å². The van der Waals surface area contributed by atoms with Crippen molar-refractivity contribution in [2.45, 2.75) is 19.4 Å². The van der Waals surface area contributed by atoms with Gasteiger partial charge in [-0.3, -0.25) is 0 Å². The predicted octanol–water partition coefficient (Wildman–Crippen LogP) is 1.49. The number of para-hydroxylation sites is 2. The Labute approximate surface area is 110 Å². The molecule has 2 N–H and O–H groups in total. The number of methoxy groups -OCH3 is 1. The topological polar surface area (TPSA) is 44.7 Å². The van der Waals surface area contributed by atoms with Gasteiger partial charge in [0.05, 0.1) is 18.9 Å². The van der Waals surface area contributed by atoms with E-state index in [0.29, 0.717) is 13.1 Å². The van der Waals surface area contributed by atoms with Gasteiger partial charge in [-0.05, 0) is 25.1 Å². The molecule has 0 amide bonds. The van der Waals surface area contributed by atoms with Crippen LogP contribution in [0.4, 0.5) is 5.69 Å². The van der Waals surface area contributed by atoms with E-state index in [0.717, 1.165) is 24.4 Å². The summed E-state index contributed by atoms with van der Waals surface area (Å²) in [7, 11) is 3.62. The molecule has 0 aliphatic rings. The van der Waals surface area contributed by atoms with Crippen molar-refractivity contribution >= 4 is 5.69 Å². The molecule has 0 aliphatic carbocycles. The predicted molar refractivity (Wildman–Crippen MR) is 75.4 cm³/mol. The van der Waals surface area contributed by atoms with Gasteiger partial charge >= 0.3 is 0 Å². The average Bonchev–Trinajstić information content (AvgIpc) is 2.39. The van der Waals surface area contributed by atoms with Crippen LogP contribution in [-0.2, 0) is 0 Å². The summed E-state index contributed by atoms with van der Waals surface area (Å²) in [6.07, 6.45) is 0.696. The summed E-state index contributed by atoms with van der Waals surface area (Å²) in [5.74, 6) is 0.828. The first-order valence-electron chi connectivity index (χ1n) is 6.42. The van der Waals surface area contributed by atoms with E-state index in [9.17, 15) is 5.11 Å². The van der Waals surface area contributed by atoms with E-state index in [1.165, 1.54) is 0 Å². The number of ether oxygens (including phenoxy) is 1. The second-order valence-electron chi connectivity index (χ2n) is 4.41. The molecule has 18 heavy (non-hydrogen) atoms. The van der Waals surface area contributed by atoms with Gasteiger partial charge in [0, 0.05) is 20.1 Å². The lowest BCUT2D eigenvalue weighted by atomic mass is 10.2. The highest BCUT2D eigenvalue weighted by Gasteiger charge is 2.11. The highest BCUT2D eigenvalue weighted by molar-refractivity contribution is 5.57. The Hall–Kier alpha value is -1.26. The summed E-state index contributed by atoms with van der Waals surface area (Å²) in [6.45, 7) is 4.25. The highest BCUT2D eigenvalue weighted by Crippen LogP contribution is 2.26. The van der Waals surface area contributed by atoms with E-state index >= 15 is 0 Å². The fourth-order valence-electron chi connectivity index (χ4n) is 1.87. The molecule has 102 valence electrons. The maximum Gasteiger partial charge on any atom is 0.142 e. The maximum absolute atomic E-state index is 9.93. The highest BCUT2D eigenvalue weighted by atomic mass is 16.5. The largest absolute Gasteiger partial charge is 0.495 e. The van der Waals surface area contributed by atoms with E-state index in [2.05, 4.69) is 12.2 Å². The van der Waals surface area contributed by atoms with Crippen molar-refractivity contribution in [3.05, 3.63) is 24.3 Å². The number of aliphatic hydroxyl groups excluding tert-OH is 1. The molecule has 4 heteroatoms. The van der Waals surface area contributed by atoms with Crippen LogP contribution in [0.15, 0.2) is 24.3 Å². The molecule has 0 aromatic heterocycles. The fraction of sp³-hybridized carbons (Fsp3) is 0.571. The van der Waals surface area contributed by atoms with Crippen molar-refractivity contribution < 1.29 is 9.84 Å². The maximum atomic E-state index is 9.93. The molecule has 1 aromatic carbocycles. The van der Waals surface area contributed by atoms with Crippen LogP contribution < -0.4 is 15.0 Å². The van der Waals surface area contributed by atoms with Crippen molar-refractivity contribution in [1.29, 1.82) is 0 Å². The number of nitrogens with one attached hydrogen (secondary N) is 1. The summed E-state index contributed by atoms with van der Waals surface area (Å²) < 4.78 is 5.31. The molecule has 0 radical (unpaired) electrons. The Balaban J connectivity index is 2.51. The van der Waals surface area contributed by atoms with Crippen LogP contribution in [-0.4, -0.2) is 45.0 Å². The third-order valence-corrected chi connectivity index (χ3v) is 2.79.